The molecule has 1 heterocycles. The van der Waals surface area contributed by atoms with Crippen molar-refractivity contribution in [2.75, 3.05) is 0 Å². The largest absolute Gasteiger partial charge is 0.415 e. The Bertz CT molecular complexity index is 491. The molecule has 0 saturated carbocycles. The maximum absolute atomic E-state index is 7.81. The van der Waals surface area contributed by atoms with E-state index >= 15 is 0 Å². The molecule has 40 heavy (non-hydrogen) atoms. The van der Waals surface area contributed by atoms with Crippen molar-refractivity contribution in [3.8, 4) is 0 Å². The zero-order valence-electron chi connectivity index (χ0n) is 28.7. The van der Waals surface area contributed by atoms with E-state index in [9.17, 15) is 0 Å². The standard InChI is InChI=1S/C30H70O5Si5/c1-11-21-36(22-12-2)31-37(23-13-3,24-14-4)33-39(27-17-7,28-18-8)35-40(29-19-9,30-20-10)34-38(32-36,25-15-5)26-16-6/h11-30H2,1-10H3. The summed E-state index contributed by atoms with van der Waals surface area (Å²) in [4.78, 5) is 0. The molecule has 0 bridgehead atoms. The molecular weight excluding hydrogens is 581 g/mol. The SMILES string of the molecule is CCC[Si]1(CCC)O[Si](CCC)(CCC)O[Si](CCC)(CCC)O[Si](CCC)(CCC)O[Si](CCC)(CCC)O1. The first-order valence-electron chi connectivity index (χ1n) is 17.6. The lowest BCUT2D eigenvalue weighted by molar-refractivity contribution is 0.205. The van der Waals surface area contributed by atoms with Gasteiger partial charge >= 0.3 is 42.8 Å². The molecule has 5 nitrogen and oxygen atoms in total. The Kier molecular flexibility index (Phi) is 18.8. The molecule has 0 spiro atoms. The van der Waals surface area contributed by atoms with Crippen LogP contribution in [0.2, 0.25) is 60.4 Å². The average molecular weight is 651 g/mol. The van der Waals surface area contributed by atoms with E-state index in [1.165, 1.54) is 0 Å². The van der Waals surface area contributed by atoms with Crippen LogP contribution in [0, 0.1) is 0 Å². The Hall–Kier alpha value is 0.884. The molecule has 1 fully saturated rings. The van der Waals surface area contributed by atoms with E-state index in [0.29, 0.717) is 0 Å². The highest BCUT2D eigenvalue weighted by molar-refractivity contribution is 6.95. The number of hydrogen-bond donors (Lipinski definition) is 0. The summed E-state index contributed by atoms with van der Waals surface area (Å²) in [5, 5.41) is 0. The van der Waals surface area contributed by atoms with E-state index in [2.05, 4.69) is 69.2 Å². The Labute approximate surface area is 256 Å². The predicted octanol–water partition coefficient (Wildman–Crippen LogP) is 11.4. The third-order valence-electron chi connectivity index (χ3n) is 8.17. The molecule has 0 aromatic rings. The van der Waals surface area contributed by atoms with Crippen LogP contribution in [0.15, 0.2) is 0 Å². The topological polar surface area (TPSA) is 46.2 Å². The van der Waals surface area contributed by atoms with Crippen LogP contribution in [-0.2, 0) is 20.6 Å². The van der Waals surface area contributed by atoms with Crippen LogP contribution >= 0.6 is 0 Å². The maximum atomic E-state index is 7.81. The molecule has 1 saturated heterocycles. The molecule has 1 aliphatic heterocycles. The second-order valence-corrected chi connectivity index (χ2v) is 30.8. The van der Waals surface area contributed by atoms with Crippen LogP contribution in [0.25, 0.3) is 0 Å². The minimum Gasteiger partial charge on any atom is -0.415 e. The first-order chi connectivity index (χ1) is 19.1. The summed E-state index contributed by atoms with van der Waals surface area (Å²) in [6.45, 7) is 23.3. The van der Waals surface area contributed by atoms with Gasteiger partial charge in [0.1, 0.15) is 0 Å². The first kappa shape index (κ1) is 38.9. The summed E-state index contributed by atoms with van der Waals surface area (Å²) in [6.07, 6.45) is 11.0. The summed E-state index contributed by atoms with van der Waals surface area (Å²) < 4.78 is 39.0. The van der Waals surface area contributed by atoms with E-state index in [-0.39, 0.29) is 0 Å². The molecule has 10 heteroatoms. The van der Waals surface area contributed by atoms with Gasteiger partial charge in [0.2, 0.25) is 0 Å². The van der Waals surface area contributed by atoms with E-state index in [0.717, 1.165) is 125 Å². The van der Waals surface area contributed by atoms with Crippen LogP contribution < -0.4 is 0 Å². The van der Waals surface area contributed by atoms with Crippen molar-refractivity contribution in [2.24, 2.45) is 0 Å². The van der Waals surface area contributed by atoms with Crippen LogP contribution in [-0.4, -0.2) is 42.8 Å². The number of hydrogen-bond acceptors (Lipinski definition) is 5. The predicted molar refractivity (Wildman–Crippen MR) is 185 cm³/mol. The van der Waals surface area contributed by atoms with Crippen molar-refractivity contribution in [1.29, 1.82) is 0 Å². The lowest BCUT2D eigenvalue weighted by Crippen LogP contribution is -2.70. The molecule has 240 valence electrons. The summed E-state index contributed by atoms with van der Waals surface area (Å²) >= 11 is 0. The van der Waals surface area contributed by atoms with E-state index < -0.39 is 42.8 Å². The van der Waals surface area contributed by atoms with E-state index in [1.54, 1.807) is 0 Å². The van der Waals surface area contributed by atoms with Crippen molar-refractivity contribution >= 4 is 42.8 Å². The monoisotopic (exact) mass is 650 g/mol. The molecule has 0 aromatic heterocycles. The van der Waals surface area contributed by atoms with Crippen LogP contribution in [0.3, 0.4) is 0 Å². The summed E-state index contributed by atoms with van der Waals surface area (Å²) in [5.74, 6) is 0. The molecule has 0 amide bonds. The zero-order valence-corrected chi connectivity index (χ0v) is 33.7. The summed E-state index contributed by atoms with van der Waals surface area (Å²) in [7, 11) is -13.0. The second-order valence-electron chi connectivity index (χ2n) is 12.6. The maximum Gasteiger partial charge on any atom is 0.320 e. The van der Waals surface area contributed by atoms with Gasteiger partial charge in [0.15, 0.2) is 0 Å². The second kappa shape index (κ2) is 19.3. The quantitative estimate of drug-likeness (QED) is 0.123. The van der Waals surface area contributed by atoms with Crippen molar-refractivity contribution in [3.63, 3.8) is 0 Å². The Balaban J connectivity index is 4.18. The third kappa shape index (κ3) is 11.1. The molecular formula is C30H70O5Si5. The molecule has 0 aliphatic carbocycles. The molecule has 1 aliphatic rings. The fraction of sp³-hybridized carbons (Fsp3) is 1.00. The number of rotatable bonds is 20. The normalized spacial score (nSPS) is 21.8. The molecule has 1 rings (SSSR count). The highest BCUT2D eigenvalue weighted by Crippen LogP contribution is 2.45. The van der Waals surface area contributed by atoms with Gasteiger partial charge in [0, 0.05) is 0 Å². The van der Waals surface area contributed by atoms with Crippen molar-refractivity contribution in [1.82, 2.24) is 0 Å². The van der Waals surface area contributed by atoms with Gasteiger partial charge in [0.05, 0.1) is 0 Å². The van der Waals surface area contributed by atoms with Gasteiger partial charge in [0.25, 0.3) is 0 Å². The van der Waals surface area contributed by atoms with Gasteiger partial charge in [-0.3, -0.25) is 0 Å². The third-order valence-corrected chi connectivity index (χ3v) is 35.7. The van der Waals surface area contributed by atoms with Crippen molar-refractivity contribution in [2.45, 2.75) is 194 Å². The van der Waals surface area contributed by atoms with Gasteiger partial charge in [-0.05, 0) is 60.4 Å². The van der Waals surface area contributed by atoms with Crippen molar-refractivity contribution in [3.05, 3.63) is 0 Å². The molecule has 0 aromatic carbocycles. The Morgan fingerprint density at radius 3 is 0.400 bits per heavy atom. The van der Waals surface area contributed by atoms with Crippen LogP contribution in [0.5, 0.6) is 0 Å². The zero-order chi connectivity index (χ0) is 30.2. The van der Waals surface area contributed by atoms with Gasteiger partial charge in [-0.1, -0.05) is 133 Å². The van der Waals surface area contributed by atoms with Gasteiger partial charge in [-0.2, -0.15) is 0 Å². The summed E-state index contributed by atoms with van der Waals surface area (Å²) in [6, 6.07) is 10.6. The van der Waals surface area contributed by atoms with E-state index in [4.69, 9.17) is 20.6 Å². The Morgan fingerprint density at radius 2 is 0.325 bits per heavy atom. The van der Waals surface area contributed by atoms with Gasteiger partial charge in [-0.15, -0.1) is 0 Å². The fourth-order valence-electron chi connectivity index (χ4n) is 7.25. The van der Waals surface area contributed by atoms with Gasteiger partial charge < -0.3 is 20.6 Å². The minimum absolute atomic E-state index is 1.06. The molecule has 0 atom stereocenters. The highest BCUT2D eigenvalue weighted by atomic mass is 28.5. The lowest BCUT2D eigenvalue weighted by Gasteiger charge is -2.54. The van der Waals surface area contributed by atoms with E-state index in [1.807, 2.05) is 0 Å². The smallest absolute Gasteiger partial charge is 0.320 e. The minimum atomic E-state index is -2.59. The van der Waals surface area contributed by atoms with Crippen molar-refractivity contribution < 1.29 is 20.6 Å². The molecule has 0 unspecified atom stereocenters. The average Bonchev–Trinajstić information content (AvgIpc) is 2.85. The highest BCUT2D eigenvalue weighted by Gasteiger charge is 2.61. The molecule has 0 N–H and O–H groups in total. The first-order valence-corrected chi connectivity index (χ1v) is 28.8. The van der Waals surface area contributed by atoms with Crippen LogP contribution in [0.4, 0.5) is 0 Å². The van der Waals surface area contributed by atoms with Crippen LogP contribution in [0.1, 0.15) is 133 Å². The Morgan fingerprint density at radius 1 is 0.225 bits per heavy atom. The fourth-order valence-corrected chi connectivity index (χ4v) is 40.6. The lowest BCUT2D eigenvalue weighted by atomic mass is 10.6. The summed E-state index contributed by atoms with van der Waals surface area (Å²) in [5.41, 5.74) is 0. The van der Waals surface area contributed by atoms with Gasteiger partial charge in [-0.25, -0.2) is 0 Å². The molecule has 0 radical (unpaired) electrons.